The lowest BCUT2D eigenvalue weighted by Crippen LogP contribution is -2.11. The van der Waals surface area contributed by atoms with E-state index in [0.717, 1.165) is 22.9 Å². The van der Waals surface area contributed by atoms with Gasteiger partial charge in [0.1, 0.15) is 5.75 Å². The van der Waals surface area contributed by atoms with Gasteiger partial charge in [0.25, 0.3) is 0 Å². The molecule has 0 aliphatic rings. The lowest BCUT2D eigenvalue weighted by molar-refractivity contribution is 0.0921. The van der Waals surface area contributed by atoms with Crippen LogP contribution in [0.25, 0.3) is 10.8 Å². The zero-order chi connectivity index (χ0) is 16.9. The number of rotatable bonds is 6. The largest absolute Gasteiger partial charge is 0.485 e. The topological polar surface area (TPSA) is 26.3 Å². The molecule has 0 amide bonds. The Balaban J connectivity index is 1.66. The van der Waals surface area contributed by atoms with Crippen LogP contribution >= 0.6 is 0 Å². The minimum absolute atomic E-state index is 0.00763. The molecule has 0 N–H and O–H groups in total. The molecule has 0 aliphatic heterocycles. The van der Waals surface area contributed by atoms with E-state index in [1.807, 2.05) is 54.6 Å². The van der Waals surface area contributed by atoms with Crippen LogP contribution in [0.5, 0.6) is 5.75 Å². The molecular weight excluding hydrogens is 296 g/mol. The predicted molar refractivity (Wildman–Crippen MR) is 98.9 cm³/mol. The van der Waals surface area contributed by atoms with Crippen molar-refractivity contribution in [3.05, 3.63) is 77.9 Å². The second-order valence-corrected chi connectivity index (χ2v) is 6.15. The zero-order valence-electron chi connectivity index (χ0n) is 14.2. The molecule has 2 heteroatoms. The van der Waals surface area contributed by atoms with Crippen LogP contribution in [0, 0.1) is 0 Å². The van der Waals surface area contributed by atoms with Crippen LogP contribution in [0.15, 0.2) is 66.7 Å². The van der Waals surface area contributed by atoms with E-state index in [1.54, 1.807) is 0 Å². The number of Topliss-reactive ketones (excluding diaryl/α,β-unsaturated/α-hetero) is 1. The Labute approximate surface area is 143 Å². The van der Waals surface area contributed by atoms with E-state index >= 15 is 0 Å². The van der Waals surface area contributed by atoms with Crippen molar-refractivity contribution in [2.75, 3.05) is 6.61 Å². The van der Waals surface area contributed by atoms with Crippen molar-refractivity contribution < 1.29 is 9.53 Å². The van der Waals surface area contributed by atoms with E-state index in [4.69, 9.17) is 4.74 Å². The highest BCUT2D eigenvalue weighted by Gasteiger charge is 2.08. The Kier molecular flexibility index (Phi) is 4.95. The van der Waals surface area contributed by atoms with Gasteiger partial charge in [0.05, 0.1) is 0 Å². The number of carbonyl (C=O) groups excluding carboxylic acids is 1. The molecule has 0 aromatic heterocycles. The van der Waals surface area contributed by atoms with E-state index < -0.39 is 0 Å². The Bertz CT molecular complexity index is 834. The molecule has 3 aromatic rings. The van der Waals surface area contributed by atoms with Gasteiger partial charge in [-0.15, -0.1) is 0 Å². The van der Waals surface area contributed by atoms with E-state index in [9.17, 15) is 4.79 Å². The predicted octanol–water partition coefficient (Wildman–Crippen LogP) is 5.62. The van der Waals surface area contributed by atoms with E-state index in [-0.39, 0.29) is 12.4 Å². The number of fused-ring (bicyclic) bond motifs is 1. The fourth-order valence-corrected chi connectivity index (χ4v) is 2.72. The van der Waals surface area contributed by atoms with Gasteiger partial charge in [0.15, 0.2) is 12.4 Å². The summed E-state index contributed by atoms with van der Waals surface area (Å²) in [7, 11) is 0. The molecule has 0 heterocycles. The molecule has 122 valence electrons. The third kappa shape index (κ3) is 3.65. The summed E-state index contributed by atoms with van der Waals surface area (Å²) in [5.41, 5.74) is 1.98. The smallest absolute Gasteiger partial charge is 0.200 e. The van der Waals surface area contributed by atoms with Gasteiger partial charge in [-0.2, -0.15) is 0 Å². The van der Waals surface area contributed by atoms with Crippen molar-refractivity contribution in [1.82, 2.24) is 0 Å². The quantitative estimate of drug-likeness (QED) is 0.552. The van der Waals surface area contributed by atoms with Crippen LogP contribution in [0.3, 0.4) is 0 Å². The Morgan fingerprint density at radius 3 is 2.38 bits per heavy atom. The number of ether oxygens (including phenoxy) is 1. The molecule has 0 bridgehead atoms. The number of ketones is 1. The molecule has 0 saturated carbocycles. The average molecular weight is 318 g/mol. The van der Waals surface area contributed by atoms with Crippen molar-refractivity contribution in [2.24, 2.45) is 0 Å². The van der Waals surface area contributed by atoms with Crippen molar-refractivity contribution in [1.29, 1.82) is 0 Å². The van der Waals surface area contributed by atoms with Crippen molar-refractivity contribution in [2.45, 2.75) is 26.2 Å². The van der Waals surface area contributed by atoms with Crippen molar-refractivity contribution >= 4 is 16.6 Å². The maximum absolute atomic E-state index is 12.4. The molecule has 3 rings (SSSR count). The fourth-order valence-electron chi connectivity index (χ4n) is 2.72. The minimum Gasteiger partial charge on any atom is -0.485 e. The van der Waals surface area contributed by atoms with Gasteiger partial charge in [0.2, 0.25) is 0 Å². The highest BCUT2D eigenvalue weighted by molar-refractivity contribution is 6.00. The van der Waals surface area contributed by atoms with Crippen LogP contribution < -0.4 is 4.74 Å². The second kappa shape index (κ2) is 7.31. The molecule has 1 unspecified atom stereocenters. The molecule has 2 nitrogen and oxygen atoms in total. The molecule has 1 atom stereocenters. The van der Waals surface area contributed by atoms with Crippen LogP contribution in [-0.2, 0) is 0 Å². The molecule has 0 saturated heterocycles. The van der Waals surface area contributed by atoms with Crippen molar-refractivity contribution in [3.63, 3.8) is 0 Å². The third-order valence-electron chi connectivity index (χ3n) is 4.50. The summed E-state index contributed by atoms with van der Waals surface area (Å²) >= 11 is 0. The number of hydrogen-bond donors (Lipinski definition) is 0. The Morgan fingerprint density at radius 2 is 1.67 bits per heavy atom. The van der Waals surface area contributed by atoms with E-state index in [1.165, 1.54) is 5.56 Å². The lowest BCUT2D eigenvalue weighted by atomic mass is 9.99. The molecule has 24 heavy (non-hydrogen) atoms. The molecule has 0 fully saturated rings. The van der Waals surface area contributed by atoms with Crippen LogP contribution in [0.1, 0.15) is 42.1 Å². The second-order valence-electron chi connectivity index (χ2n) is 6.15. The SMILES string of the molecule is CCC(C)c1ccc(OCC(=O)c2ccc3ccccc3c2)cc1. The summed E-state index contributed by atoms with van der Waals surface area (Å²) < 4.78 is 5.65. The first kappa shape index (κ1) is 16.3. The molecule has 0 spiro atoms. The standard InChI is InChI=1S/C22H22O2/c1-3-16(2)17-10-12-21(13-11-17)24-15-22(23)20-9-8-18-6-4-5-7-19(18)14-20/h4-14,16H,3,15H2,1-2H3. The van der Waals surface area contributed by atoms with Gasteiger partial charge in [-0.25, -0.2) is 0 Å². The van der Waals surface area contributed by atoms with Gasteiger partial charge in [0, 0.05) is 5.56 Å². The molecular formula is C22H22O2. The summed E-state index contributed by atoms with van der Waals surface area (Å²) in [6, 6.07) is 21.8. The van der Waals surface area contributed by atoms with Gasteiger partial charge in [-0.05, 0) is 46.9 Å². The Hall–Kier alpha value is -2.61. The van der Waals surface area contributed by atoms with Crippen LogP contribution in [0.4, 0.5) is 0 Å². The van der Waals surface area contributed by atoms with Gasteiger partial charge in [-0.1, -0.05) is 62.4 Å². The average Bonchev–Trinajstić information content (AvgIpc) is 2.65. The van der Waals surface area contributed by atoms with E-state index in [2.05, 4.69) is 26.0 Å². The van der Waals surface area contributed by atoms with Gasteiger partial charge in [-0.3, -0.25) is 4.79 Å². The first-order chi connectivity index (χ1) is 11.7. The third-order valence-corrected chi connectivity index (χ3v) is 4.50. The fraction of sp³-hybridized carbons (Fsp3) is 0.227. The van der Waals surface area contributed by atoms with Gasteiger partial charge < -0.3 is 4.74 Å². The zero-order valence-corrected chi connectivity index (χ0v) is 14.2. The van der Waals surface area contributed by atoms with Crippen LogP contribution in [-0.4, -0.2) is 12.4 Å². The highest BCUT2D eigenvalue weighted by atomic mass is 16.5. The molecule has 0 radical (unpaired) electrons. The van der Waals surface area contributed by atoms with Crippen LogP contribution in [0.2, 0.25) is 0 Å². The highest BCUT2D eigenvalue weighted by Crippen LogP contribution is 2.22. The maximum atomic E-state index is 12.4. The Morgan fingerprint density at radius 1 is 0.958 bits per heavy atom. The summed E-state index contributed by atoms with van der Waals surface area (Å²) in [4.78, 5) is 12.4. The summed E-state index contributed by atoms with van der Waals surface area (Å²) in [5, 5.41) is 2.21. The molecule has 0 aliphatic carbocycles. The first-order valence-corrected chi connectivity index (χ1v) is 8.42. The number of hydrogen-bond acceptors (Lipinski definition) is 2. The molecule has 3 aromatic carbocycles. The summed E-state index contributed by atoms with van der Waals surface area (Å²) in [6.07, 6.45) is 1.11. The minimum atomic E-state index is -0.00763. The van der Waals surface area contributed by atoms with Gasteiger partial charge >= 0.3 is 0 Å². The summed E-state index contributed by atoms with van der Waals surface area (Å²) in [6.45, 7) is 4.44. The lowest BCUT2D eigenvalue weighted by Gasteiger charge is -2.10. The first-order valence-electron chi connectivity index (χ1n) is 8.42. The monoisotopic (exact) mass is 318 g/mol. The maximum Gasteiger partial charge on any atom is 0.200 e. The van der Waals surface area contributed by atoms with E-state index in [0.29, 0.717) is 11.5 Å². The number of carbonyl (C=O) groups is 1. The summed E-state index contributed by atoms with van der Waals surface area (Å²) in [5.74, 6) is 1.27. The normalized spacial score (nSPS) is 12.1. The van der Waals surface area contributed by atoms with Crippen molar-refractivity contribution in [3.8, 4) is 5.75 Å². The number of benzene rings is 3.